The molecule has 2 fully saturated rings. The van der Waals surface area contributed by atoms with Gasteiger partial charge in [0.1, 0.15) is 0 Å². The van der Waals surface area contributed by atoms with Crippen LogP contribution in [0, 0.1) is 0 Å². The van der Waals surface area contributed by atoms with Crippen molar-refractivity contribution >= 4 is 5.96 Å². The van der Waals surface area contributed by atoms with E-state index in [2.05, 4.69) is 34.0 Å². The van der Waals surface area contributed by atoms with Gasteiger partial charge in [0.05, 0.1) is 0 Å². The maximum Gasteiger partial charge on any atom is 0.191 e. The zero-order valence-corrected chi connectivity index (χ0v) is 12.4. The van der Waals surface area contributed by atoms with Gasteiger partial charge in [-0.3, -0.25) is 9.89 Å². The summed E-state index contributed by atoms with van der Waals surface area (Å²) in [5, 5.41) is 7.07. The van der Waals surface area contributed by atoms with Gasteiger partial charge in [-0.2, -0.15) is 0 Å². The summed E-state index contributed by atoms with van der Waals surface area (Å²) in [5.74, 6) is 0.989. The summed E-state index contributed by atoms with van der Waals surface area (Å²) in [6.07, 6.45) is 6.32. The number of guanidine groups is 1. The molecule has 0 atom stereocenters. The van der Waals surface area contributed by atoms with Gasteiger partial charge in [0, 0.05) is 38.8 Å². The highest BCUT2D eigenvalue weighted by molar-refractivity contribution is 5.80. The Morgan fingerprint density at radius 1 is 1.16 bits per heavy atom. The van der Waals surface area contributed by atoms with Gasteiger partial charge in [-0.1, -0.05) is 12.2 Å². The zero-order valence-electron chi connectivity index (χ0n) is 12.4. The second-order valence-corrected chi connectivity index (χ2v) is 6.00. The first-order chi connectivity index (χ1) is 9.17. The monoisotopic (exact) mass is 264 g/mol. The zero-order chi connectivity index (χ0) is 13.7. The summed E-state index contributed by atoms with van der Waals surface area (Å²) in [6.45, 7) is 9.46. The van der Waals surface area contributed by atoms with Gasteiger partial charge in [-0.05, 0) is 39.0 Å². The Kier molecular flexibility index (Phi) is 5.25. The number of rotatable bonds is 4. The Bertz CT molecular complexity index is 325. The molecule has 1 saturated carbocycles. The summed E-state index contributed by atoms with van der Waals surface area (Å²) >= 11 is 0. The molecule has 4 heteroatoms. The van der Waals surface area contributed by atoms with Crippen LogP contribution in [-0.4, -0.2) is 49.6 Å². The van der Waals surface area contributed by atoms with Crippen LogP contribution in [0.15, 0.2) is 17.1 Å². The van der Waals surface area contributed by atoms with Gasteiger partial charge < -0.3 is 10.6 Å². The number of hydrogen-bond acceptors (Lipinski definition) is 2. The van der Waals surface area contributed by atoms with Crippen LogP contribution in [0.4, 0.5) is 0 Å². The van der Waals surface area contributed by atoms with Crippen molar-refractivity contribution in [3.8, 4) is 0 Å². The molecular weight excluding hydrogens is 236 g/mol. The SMILES string of the molecule is C=C(C)CN1CCC(NC(=NC)NC2CCC2)CC1. The van der Waals surface area contributed by atoms with Gasteiger partial charge in [-0.25, -0.2) is 0 Å². The van der Waals surface area contributed by atoms with Crippen molar-refractivity contribution in [1.29, 1.82) is 0 Å². The number of piperidine rings is 1. The molecule has 1 heterocycles. The van der Waals surface area contributed by atoms with Crippen LogP contribution in [0.3, 0.4) is 0 Å². The fraction of sp³-hybridized carbons (Fsp3) is 0.800. The first-order valence-electron chi connectivity index (χ1n) is 7.54. The fourth-order valence-corrected chi connectivity index (χ4v) is 2.73. The predicted molar refractivity (Wildman–Crippen MR) is 81.5 cm³/mol. The molecular formula is C15H28N4. The van der Waals surface area contributed by atoms with Crippen molar-refractivity contribution in [3.05, 3.63) is 12.2 Å². The highest BCUT2D eigenvalue weighted by Crippen LogP contribution is 2.18. The van der Waals surface area contributed by atoms with E-state index in [4.69, 9.17) is 0 Å². The average molecular weight is 264 g/mol. The molecule has 19 heavy (non-hydrogen) atoms. The van der Waals surface area contributed by atoms with Crippen LogP contribution in [-0.2, 0) is 0 Å². The van der Waals surface area contributed by atoms with Crippen molar-refractivity contribution in [2.24, 2.45) is 4.99 Å². The van der Waals surface area contributed by atoms with Gasteiger partial charge in [0.25, 0.3) is 0 Å². The summed E-state index contributed by atoms with van der Waals surface area (Å²) in [5.41, 5.74) is 1.26. The lowest BCUT2D eigenvalue weighted by molar-refractivity contribution is 0.220. The van der Waals surface area contributed by atoms with E-state index in [0.29, 0.717) is 12.1 Å². The van der Waals surface area contributed by atoms with E-state index in [0.717, 1.165) is 25.6 Å². The van der Waals surface area contributed by atoms with Crippen LogP contribution in [0.1, 0.15) is 39.0 Å². The molecule has 1 saturated heterocycles. The van der Waals surface area contributed by atoms with Gasteiger partial charge in [0.2, 0.25) is 0 Å². The largest absolute Gasteiger partial charge is 0.354 e. The van der Waals surface area contributed by atoms with E-state index in [1.807, 2.05) is 7.05 Å². The fourth-order valence-electron chi connectivity index (χ4n) is 2.73. The summed E-state index contributed by atoms with van der Waals surface area (Å²) in [6, 6.07) is 1.21. The van der Waals surface area contributed by atoms with Gasteiger partial charge in [-0.15, -0.1) is 0 Å². The van der Waals surface area contributed by atoms with Crippen molar-refractivity contribution < 1.29 is 0 Å². The second kappa shape index (κ2) is 6.94. The molecule has 0 radical (unpaired) electrons. The minimum absolute atomic E-state index is 0.563. The lowest BCUT2D eigenvalue weighted by Crippen LogP contribution is -2.52. The molecule has 0 amide bonds. The Labute approximate surface area is 117 Å². The third-order valence-corrected chi connectivity index (χ3v) is 4.09. The molecule has 2 N–H and O–H groups in total. The Balaban J connectivity index is 1.70. The van der Waals surface area contributed by atoms with Crippen LogP contribution in [0.25, 0.3) is 0 Å². The maximum atomic E-state index is 4.34. The Morgan fingerprint density at radius 3 is 2.16 bits per heavy atom. The second-order valence-electron chi connectivity index (χ2n) is 6.00. The van der Waals surface area contributed by atoms with Gasteiger partial charge in [0.15, 0.2) is 5.96 Å². The molecule has 4 nitrogen and oxygen atoms in total. The summed E-state index contributed by atoms with van der Waals surface area (Å²) in [4.78, 5) is 6.83. The predicted octanol–water partition coefficient (Wildman–Crippen LogP) is 1.74. The molecule has 108 valence electrons. The lowest BCUT2D eigenvalue weighted by Gasteiger charge is -2.34. The molecule has 0 aromatic heterocycles. The van der Waals surface area contributed by atoms with Crippen LogP contribution < -0.4 is 10.6 Å². The normalized spacial score (nSPS) is 22.9. The summed E-state index contributed by atoms with van der Waals surface area (Å²) in [7, 11) is 1.87. The number of aliphatic imine (C=N–C) groups is 1. The van der Waals surface area contributed by atoms with Crippen molar-refractivity contribution in [2.75, 3.05) is 26.7 Å². The molecule has 2 rings (SSSR count). The first-order valence-corrected chi connectivity index (χ1v) is 7.54. The average Bonchev–Trinajstić information content (AvgIpc) is 2.33. The highest BCUT2D eigenvalue weighted by Gasteiger charge is 2.22. The van der Waals surface area contributed by atoms with E-state index in [1.165, 1.54) is 37.7 Å². The molecule has 0 unspecified atom stereocenters. The lowest BCUT2D eigenvalue weighted by atomic mass is 9.93. The molecule has 1 aliphatic carbocycles. The Hall–Kier alpha value is -1.03. The topological polar surface area (TPSA) is 39.7 Å². The minimum atomic E-state index is 0.563. The number of nitrogens with zero attached hydrogens (tertiary/aromatic N) is 2. The molecule has 2 aliphatic rings. The molecule has 0 aromatic rings. The molecule has 1 aliphatic heterocycles. The van der Waals surface area contributed by atoms with Crippen LogP contribution in [0.5, 0.6) is 0 Å². The van der Waals surface area contributed by atoms with Crippen molar-refractivity contribution in [3.63, 3.8) is 0 Å². The third kappa shape index (κ3) is 4.53. The van der Waals surface area contributed by atoms with E-state index in [9.17, 15) is 0 Å². The molecule has 0 aromatic carbocycles. The van der Waals surface area contributed by atoms with Crippen molar-refractivity contribution in [2.45, 2.75) is 51.1 Å². The van der Waals surface area contributed by atoms with Crippen LogP contribution in [0.2, 0.25) is 0 Å². The molecule has 0 spiro atoms. The standard InChI is InChI=1S/C15H28N4/c1-12(2)11-19-9-7-14(8-10-19)18-15(16-3)17-13-5-4-6-13/h13-14H,1,4-11H2,2-3H3,(H2,16,17,18). The van der Waals surface area contributed by atoms with Crippen LogP contribution >= 0.6 is 0 Å². The Morgan fingerprint density at radius 2 is 1.74 bits per heavy atom. The van der Waals surface area contributed by atoms with E-state index in [-0.39, 0.29) is 0 Å². The van der Waals surface area contributed by atoms with E-state index < -0.39 is 0 Å². The number of hydrogen-bond donors (Lipinski definition) is 2. The van der Waals surface area contributed by atoms with E-state index in [1.54, 1.807) is 0 Å². The maximum absolute atomic E-state index is 4.34. The quantitative estimate of drug-likeness (QED) is 0.462. The third-order valence-electron chi connectivity index (χ3n) is 4.09. The van der Waals surface area contributed by atoms with Gasteiger partial charge >= 0.3 is 0 Å². The smallest absolute Gasteiger partial charge is 0.191 e. The summed E-state index contributed by atoms with van der Waals surface area (Å²) < 4.78 is 0. The van der Waals surface area contributed by atoms with Crippen molar-refractivity contribution in [1.82, 2.24) is 15.5 Å². The number of likely N-dealkylation sites (tertiary alicyclic amines) is 1. The van der Waals surface area contributed by atoms with E-state index >= 15 is 0 Å². The molecule has 0 bridgehead atoms. The highest BCUT2D eigenvalue weighted by atomic mass is 15.2. The number of nitrogens with one attached hydrogen (secondary N) is 2. The first kappa shape index (κ1) is 14.4. The minimum Gasteiger partial charge on any atom is -0.354 e.